The number of Topliss-reactive ketones (excluding diaryl/α,β-unsaturated/α-hetero) is 1. The minimum atomic E-state index is -3.41. The number of hydrogen-bond acceptors (Lipinski definition) is 5. The van der Waals surface area contributed by atoms with E-state index in [-0.39, 0.29) is 17.2 Å². The lowest BCUT2D eigenvalue weighted by Crippen LogP contribution is -2.53. The molecule has 186 valence electrons. The lowest BCUT2D eigenvalue weighted by molar-refractivity contribution is -0.129. The number of urea groups is 1. The number of carbonyl (C=O) groups excluding carboxylic acids is 2. The van der Waals surface area contributed by atoms with Crippen molar-refractivity contribution < 1.29 is 22.4 Å². The van der Waals surface area contributed by atoms with Gasteiger partial charge in [-0.3, -0.25) is 9.78 Å². The Balaban J connectivity index is 1.77. The summed E-state index contributed by atoms with van der Waals surface area (Å²) in [5.74, 6) is -0.571. The van der Waals surface area contributed by atoms with Crippen molar-refractivity contribution in [2.45, 2.75) is 24.8 Å². The van der Waals surface area contributed by atoms with Crippen LogP contribution in [0.15, 0.2) is 83.4 Å². The zero-order valence-electron chi connectivity index (χ0n) is 20.1. The average Bonchev–Trinajstić information content (AvgIpc) is 2.83. The van der Waals surface area contributed by atoms with Crippen molar-refractivity contribution in [3.63, 3.8) is 0 Å². The zero-order valence-corrected chi connectivity index (χ0v) is 20.9. The Morgan fingerprint density at radius 1 is 1.08 bits per heavy atom. The minimum Gasteiger partial charge on any atom is -0.312 e. The number of nitrogens with zero attached hydrogens (tertiary/aromatic N) is 2. The van der Waals surface area contributed by atoms with Crippen LogP contribution in [-0.4, -0.2) is 42.9 Å². The molecule has 1 aromatic heterocycles. The zero-order chi connectivity index (χ0) is 26.1. The number of nitrogens with one attached hydrogen (secondary N) is 1. The predicted molar refractivity (Wildman–Crippen MR) is 135 cm³/mol. The van der Waals surface area contributed by atoms with Gasteiger partial charge in [-0.05, 0) is 60.2 Å². The first-order chi connectivity index (χ1) is 17.0. The number of amides is 2. The first-order valence-electron chi connectivity index (χ1n) is 11.3. The van der Waals surface area contributed by atoms with Crippen LogP contribution in [0.25, 0.3) is 6.08 Å². The van der Waals surface area contributed by atoms with Crippen LogP contribution in [-0.2, 0) is 14.6 Å². The first-order valence-corrected chi connectivity index (χ1v) is 13.2. The van der Waals surface area contributed by atoms with Crippen LogP contribution in [0.2, 0.25) is 0 Å². The Morgan fingerprint density at radius 2 is 1.75 bits per heavy atom. The van der Waals surface area contributed by atoms with E-state index in [2.05, 4.69) is 10.3 Å². The van der Waals surface area contributed by atoms with E-state index in [9.17, 15) is 22.4 Å². The molecule has 1 atom stereocenters. The van der Waals surface area contributed by atoms with Crippen LogP contribution in [0, 0.1) is 11.2 Å². The van der Waals surface area contributed by atoms with E-state index in [1.807, 2.05) is 6.07 Å². The average molecular weight is 508 g/mol. The van der Waals surface area contributed by atoms with Crippen LogP contribution in [0.4, 0.5) is 14.9 Å². The monoisotopic (exact) mass is 507 g/mol. The second-order valence-corrected chi connectivity index (χ2v) is 11.3. The summed E-state index contributed by atoms with van der Waals surface area (Å²) in [6, 6.07) is 15.8. The van der Waals surface area contributed by atoms with Gasteiger partial charge in [0.2, 0.25) is 0 Å². The number of rotatable bonds is 4. The minimum absolute atomic E-state index is 0.00433. The van der Waals surface area contributed by atoms with Crippen molar-refractivity contribution in [1.82, 2.24) is 9.88 Å². The molecule has 1 unspecified atom stereocenters. The highest BCUT2D eigenvalue weighted by Gasteiger charge is 2.48. The maximum absolute atomic E-state index is 13.6. The number of likely N-dealkylation sites (tertiary alicyclic amines) is 1. The molecule has 1 saturated heterocycles. The third-order valence-corrected chi connectivity index (χ3v) is 7.33. The summed E-state index contributed by atoms with van der Waals surface area (Å²) in [5.41, 5.74) is 0.971. The maximum Gasteiger partial charge on any atom is 0.322 e. The van der Waals surface area contributed by atoms with Gasteiger partial charge in [-0.1, -0.05) is 32.0 Å². The fraction of sp³-hybridized carbons (Fsp3) is 0.222. The van der Waals surface area contributed by atoms with Crippen LogP contribution >= 0.6 is 0 Å². The van der Waals surface area contributed by atoms with E-state index < -0.39 is 33.1 Å². The van der Waals surface area contributed by atoms with Crippen molar-refractivity contribution in [1.29, 1.82) is 0 Å². The van der Waals surface area contributed by atoms with Gasteiger partial charge >= 0.3 is 6.03 Å². The molecular weight excluding hydrogens is 481 g/mol. The quantitative estimate of drug-likeness (QED) is 0.507. The Labute approximate surface area is 209 Å². The number of aromatic nitrogens is 1. The number of benzene rings is 2. The first kappa shape index (κ1) is 25.2. The van der Waals surface area contributed by atoms with Crippen molar-refractivity contribution in [3.05, 3.63) is 95.6 Å². The van der Waals surface area contributed by atoms with Gasteiger partial charge in [-0.25, -0.2) is 17.6 Å². The van der Waals surface area contributed by atoms with Crippen molar-refractivity contribution in [3.8, 4) is 0 Å². The molecule has 1 aliphatic heterocycles. The molecule has 2 amide bonds. The highest BCUT2D eigenvalue weighted by atomic mass is 32.2. The molecule has 1 N–H and O–H groups in total. The van der Waals surface area contributed by atoms with Gasteiger partial charge in [0.15, 0.2) is 15.6 Å². The number of sulfone groups is 1. The summed E-state index contributed by atoms with van der Waals surface area (Å²) in [6.45, 7) is 3.52. The number of hydrogen-bond donors (Lipinski definition) is 1. The number of pyridine rings is 1. The molecule has 1 aliphatic rings. The van der Waals surface area contributed by atoms with Gasteiger partial charge in [-0.2, -0.15) is 0 Å². The number of anilines is 1. The lowest BCUT2D eigenvalue weighted by atomic mass is 9.70. The van der Waals surface area contributed by atoms with E-state index in [0.717, 1.165) is 6.26 Å². The van der Waals surface area contributed by atoms with Crippen molar-refractivity contribution >= 4 is 33.4 Å². The van der Waals surface area contributed by atoms with Gasteiger partial charge in [-0.15, -0.1) is 0 Å². The molecule has 2 aromatic carbocycles. The molecule has 7 nitrogen and oxygen atoms in total. The Hall–Kier alpha value is -3.85. The number of halogens is 1. The second kappa shape index (κ2) is 9.66. The molecule has 0 radical (unpaired) electrons. The maximum atomic E-state index is 13.6. The predicted octanol–water partition coefficient (Wildman–Crippen LogP) is 4.89. The fourth-order valence-corrected chi connectivity index (χ4v) is 5.07. The SMILES string of the molecule is CC1(C)C(=O)C(=Cc2ccccn2)CN(C(=O)Nc2ccc(F)cc2)C1c1ccc(S(C)(=O)=O)cc1. The molecule has 0 aliphatic carbocycles. The second-order valence-electron chi connectivity index (χ2n) is 9.28. The molecular formula is C27H26FN3O4S. The summed E-state index contributed by atoms with van der Waals surface area (Å²) < 4.78 is 37.3. The van der Waals surface area contributed by atoms with Crippen molar-refractivity contribution in [2.24, 2.45) is 5.41 Å². The van der Waals surface area contributed by atoms with E-state index in [1.54, 1.807) is 50.4 Å². The van der Waals surface area contributed by atoms with Crippen LogP contribution in [0.5, 0.6) is 0 Å². The molecule has 9 heteroatoms. The fourth-order valence-electron chi connectivity index (χ4n) is 4.44. The van der Waals surface area contributed by atoms with E-state index in [1.165, 1.54) is 41.3 Å². The summed E-state index contributed by atoms with van der Waals surface area (Å²) in [4.78, 5) is 33.1. The number of ketones is 1. The summed E-state index contributed by atoms with van der Waals surface area (Å²) in [7, 11) is -3.41. The van der Waals surface area contributed by atoms with Gasteiger partial charge in [0, 0.05) is 23.7 Å². The molecule has 3 aromatic rings. The Bertz CT molecular complexity index is 1420. The third-order valence-electron chi connectivity index (χ3n) is 6.20. The highest BCUT2D eigenvalue weighted by molar-refractivity contribution is 7.90. The number of piperidine rings is 1. The van der Waals surface area contributed by atoms with Crippen LogP contribution in [0.1, 0.15) is 31.1 Å². The molecule has 2 heterocycles. The molecule has 1 fully saturated rings. The third kappa shape index (κ3) is 5.21. The summed E-state index contributed by atoms with van der Waals surface area (Å²) in [5, 5.41) is 2.78. The van der Waals surface area contributed by atoms with Gasteiger partial charge in [0.25, 0.3) is 0 Å². The van der Waals surface area contributed by atoms with Crippen molar-refractivity contribution in [2.75, 3.05) is 18.1 Å². The molecule has 0 bridgehead atoms. The van der Waals surface area contributed by atoms with E-state index in [4.69, 9.17) is 0 Å². The molecule has 36 heavy (non-hydrogen) atoms. The van der Waals surface area contributed by atoms with Gasteiger partial charge in [0.1, 0.15) is 5.82 Å². The summed E-state index contributed by atoms with van der Waals surface area (Å²) >= 11 is 0. The van der Waals surface area contributed by atoms with E-state index in [0.29, 0.717) is 22.5 Å². The van der Waals surface area contributed by atoms with Gasteiger partial charge in [0.05, 0.1) is 28.6 Å². The van der Waals surface area contributed by atoms with Gasteiger partial charge < -0.3 is 10.2 Å². The molecule has 0 spiro atoms. The molecule has 4 rings (SSSR count). The van der Waals surface area contributed by atoms with E-state index >= 15 is 0 Å². The normalized spacial score (nSPS) is 18.8. The Morgan fingerprint density at radius 3 is 2.33 bits per heavy atom. The Kier molecular flexibility index (Phi) is 6.77. The standard InChI is InChI=1S/C27H26FN3O4S/c1-27(2)24(18-7-13-23(14-8-18)36(3,34)35)31(26(33)30-21-11-9-20(28)10-12-21)17-19(25(27)32)16-22-6-4-5-15-29-22/h4-16,24H,17H2,1-3H3,(H,30,33). The highest BCUT2D eigenvalue weighted by Crippen LogP contribution is 2.45. The number of carbonyl (C=O) groups is 2. The summed E-state index contributed by atoms with van der Waals surface area (Å²) in [6.07, 6.45) is 4.41. The topological polar surface area (TPSA) is 96.4 Å². The smallest absolute Gasteiger partial charge is 0.312 e. The lowest BCUT2D eigenvalue weighted by Gasteiger charge is -2.46. The van der Waals surface area contributed by atoms with Crippen LogP contribution in [0.3, 0.4) is 0 Å². The largest absolute Gasteiger partial charge is 0.322 e. The van der Waals surface area contributed by atoms with Crippen LogP contribution < -0.4 is 5.32 Å². The molecule has 0 saturated carbocycles.